The molecule has 0 aliphatic carbocycles. The van der Waals surface area contributed by atoms with Crippen LogP contribution >= 0.6 is 0 Å². The molecule has 2 aromatic carbocycles. The van der Waals surface area contributed by atoms with E-state index in [0.29, 0.717) is 11.3 Å². The van der Waals surface area contributed by atoms with Gasteiger partial charge in [-0.25, -0.2) is 4.79 Å². The van der Waals surface area contributed by atoms with Crippen LogP contribution in [0.5, 0.6) is 0 Å². The number of Topliss-reactive ketones (excluding diaryl/α,β-unsaturated/α-hetero) is 1. The second-order valence-corrected chi connectivity index (χ2v) is 5.66. The summed E-state index contributed by atoms with van der Waals surface area (Å²) in [5.74, 6) is -2.75. The largest absolute Gasteiger partial charge is 0.503 e. The molecule has 0 unspecified atom stereocenters. The fourth-order valence-electron chi connectivity index (χ4n) is 2.95. The van der Waals surface area contributed by atoms with Gasteiger partial charge in [-0.05, 0) is 36.8 Å². The summed E-state index contributed by atoms with van der Waals surface area (Å²) in [6.45, 7) is 1.30. The molecule has 0 saturated carbocycles. The van der Waals surface area contributed by atoms with Gasteiger partial charge in [0.15, 0.2) is 11.5 Å². The van der Waals surface area contributed by atoms with Crippen LogP contribution in [0.25, 0.3) is 0 Å². The van der Waals surface area contributed by atoms with Gasteiger partial charge in [-0.2, -0.15) is 0 Å². The van der Waals surface area contributed by atoms with Gasteiger partial charge in [0.05, 0.1) is 17.2 Å². The summed E-state index contributed by atoms with van der Waals surface area (Å²) in [6, 6.07) is 13.8. The smallest absolute Gasteiger partial charge is 0.335 e. The normalized spacial score (nSPS) is 17.1. The van der Waals surface area contributed by atoms with Gasteiger partial charge in [-0.15, -0.1) is 0 Å². The van der Waals surface area contributed by atoms with Crippen LogP contribution in [0, 0.1) is 0 Å². The zero-order valence-electron chi connectivity index (χ0n) is 13.3. The number of aliphatic hydroxyl groups excluding tert-OH is 1. The predicted octanol–water partition coefficient (Wildman–Crippen LogP) is 2.87. The predicted molar refractivity (Wildman–Crippen MR) is 90.4 cm³/mol. The van der Waals surface area contributed by atoms with Crippen molar-refractivity contribution in [2.75, 3.05) is 4.90 Å². The van der Waals surface area contributed by atoms with Gasteiger partial charge in [0.1, 0.15) is 0 Å². The van der Waals surface area contributed by atoms with Crippen molar-refractivity contribution in [1.82, 2.24) is 0 Å². The number of anilines is 1. The second kappa shape index (κ2) is 6.24. The molecule has 1 heterocycles. The molecule has 25 heavy (non-hydrogen) atoms. The fraction of sp³-hybridized carbons (Fsp3) is 0.105. The molecule has 0 saturated heterocycles. The van der Waals surface area contributed by atoms with E-state index in [1.807, 2.05) is 6.07 Å². The maximum atomic E-state index is 12.6. The van der Waals surface area contributed by atoms with E-state index in [2.05, 4.69) is 0 Å². The van der Waals surface area contributed by atoms with Crippen molar-refractivity contribution in [3.8, 4) is 0 Å². The van der Waals surface area contributed by atoms with E-state index in [1.165, 1.54) is 36.1 Å². The first kappa shape index (κ1) is 16.4. The zero-order valence-corrected chi connectivity index (χ0v) is 13.3. The minimum Gasteiger partial charge on any atom is -0.503 e. The lowest BCUT2D eigenvalue weighted by atomic mass is 9.96. The number of hydrogen-bond donors (Lipinski definition) is 2. The Hall–Kier alpha value is -3.41. The van der Waals surface area contributed by atoms with Gasteiger partial charge in [0.2, 0.25) is 0 Å². The first-order valence-electron chi connectivity index (χ1n) is 7.57. The molecule has 0 fully saturated rings. The van der Waals surface area contributed by atoms with Crippen LogP contribution in [0.1, 0.15) is 28.9 Å². The minimum atomic E-state index is -1.08. The number of aliphatic hydroxyl groups is 1. The second-order valence-electron chi connectivity index (χ2n) is 5.66. The molecule has 6 nitrogen and oxygen atoms in total. The molecule has 0 spiro atoms. The highest BCUT2D eigenvalue weighted by Gasteiger charge is 2.43. The number of aromatic carboxylic acids is 1. The summed E-state index contributed by atoms with van der Waals surface area (Å²) < 4.78 is 0. The Balaban J connectivity index is 2.12. The van der Waals surface area contributed by atoms with Crippen LogP contribution in [0.2, 0.25) is 0 Å². The maximum Gasteiger partial charge on any atom is 0.335 e. The summed E-state index contributed by atoms with van der Waals surface area (Å²) >= 11 is 0. The number of hydrogen-bond acceptors (Lipinski definition) is 4. The number of carbonyl (C=O) groups is 3. The van der Waals surface area contributed by atoms with Gasteiger partial charge in [-0.3, -0.25) is 14.5 Å². The van der Waals surface area contributed by atoms with Crippen molar-refractivity contribution in [2.24, 2.45) is 0 Å². The van der Waals surface area contributed by atoms with Crippen molar-refractivity contribution in [1.29, 1.82) is 0 Å². The van der Waals surface area contributed by atoms with Crippen LogP contribution in [0.15, 0.2) is 65.9 Å². The molecule has 1 aliphatic heterocycles. The van der Waals surface area contributed by atoms with Gasteiger partial charge in [0.25, 0.3) is 5.91 Å². The highest BCUT2D eigenvalue weighted by Crippen LogP contribution is 2.40. The molecule has 1 atom stereocenters. The molecule has 1 aliphatic rings. The summed E-state index contributed by atoms with van der Waals surface area (Å²) in [6.07, 6.45) is 0. The van der Waals surface area contributed by atoms with Gasteiger partial charge < -0.3 is 10.2 Å². The van der Waals surface area contributed by atoms with E-state index in [1.54, 1.807) is 24.3 Å². The number of carbonyl (C=O) groups excluding carboxylic acids is 2. The van der Waals surface area contributed by atoms with Crippen molar-refractivity contribution in [2.45, 2.75) is 13.0 Å². The Morgan fingerprint density at radius 3 is 2.12 bits per heavy atom. The van der Waals surface area contributed by atoms with Crippen LogP contribution in [0.4, 0.5) is 5.69 Å². The van der Waals surface area contributed by atoms with E-state index in [9.17, 15) is 19.5 Å². The van der Waals surface area contributed by atoms with Crippen molar-refractivity contribution >= 4 is 23.3 Å². The Morgan fingerprint density at radius 2 is 1.60 bits per heavy atom. The lowest BCUT2D eigenvalue weighted by Gasteiger charge is -2.26. The number of carboxylic acids is 1. The number of amides is 1. The van der Waals surface area contributed by atoms with Crippen LogP contribution in [-0.4, -0.2) is 27.9 Å². The monoisotopic (exact) mass is 337 g/mol. The molecule has 1 amide bonds. The molecule has 0 radical (unpaired) electrons. The SMILES string of the molecule is CC(=O)C1=C(O)C(=O)N(c2ccc(C(=O)O)cc2)[C@H]1c1ccccc1. The van der Waals surface area contributed by atoms with Crippen LogP contribution in [0.3, 0.4) is 0 Å². The van der Waals surface area contributed by atoms with Gasteiger partial charge in [-0.1, -0.05) is 30.3 Å². The van der Waals surface area contributed by atoms with E-state index in [4.69, 9.17) is 5.11 Å². The highest BCUT2D eigenvalue weighted by atomic mass is 16.4. The first-order chi connectivity index (χ1) is 11.9. The number of carboxylic acid groups (broad SMARTS) is 1. The molecule has 2 aromatic rings. The lowest BCUT2D eigenvalue weighted by molar-refractivity contribution is -0.117. The molecule has 3 rings (SSSR count). The van der Waals surface area contributed by atoms with E-state index >= 15 is 0 Å². The Morgan fingerprint density at radius 1 is 1.00 bits per heavy atom. The van der Waals surface area contributed by atoms with E-state index in [0.717, 1.165) is 0 Å². The third kappa shape index (κ3) is 2.78. The van der Waals surface area contributed by atoms with Crippen molar-refractivity contribution in [3.63, 3.8) is 0 Å². The quantitative estimate of drug-likeness (QED) is 0.894. The summed E-state index contributed by atoms with van der Waals surface area (Å²) in [7, 11) is 0. The zero-order chi connectivity index (χ0) is 18.1. The Bertz CT molecular complexity index is 884. The molecule has 2 N–H and O–H groups in total. The summed E-state index contributed by atoms with van der Waals surface area (Å²) in [5, 5.41) is 19.2. The lowest BCUT2D eigenvalue weighted by Crippen LogP contribution is -2.30. The van der Waals surface area contributed by atoms with E-state index < -0.39 is 29.5 Å². The summed E-state index contributed by atoms with van der Waals surface area (Å²) in [4.78, 5) is 36.9. The average Bonchev–Trinajstić information content (AvgIpc) is 2.87. The van der Waals surface area contributed by atoms with Gasteiger partial charge in [0, 0.05) is 5.69 Å². The van der Waals surface area contributed by atoms with Crippen LogP contribution in [-0.2, 0) is 9.59 Å². The third-order valence-electron chi connectivity index (χ3n) is 4.10. The standard InChI is InChI=1S/C19H15NO5/c1-11(21)15-16(12-5-3-2-4-6-12)20(18(23)17(15)22)14-9-7-13(8-10-14)19(24)25/h2-10,16,22H,1H3,(H,24,25)/t16-/m0/s1. The highest BCUT2D eigenvalue weighted by molar-refractivity contribution is 6.16. The van der Waals surface area contributed by atoms with Crippen molar-refractivity contribution in [3.05, 3.63) is 77.1 Å². The number of rotatable bonds is 4. The minimum absolute atomic E-state index is 0.0264. The fourth-order valence-corrected chi connectivity index (χ4v) is 2.95. The number of ketones is 1. The molecule has 6 heteroatoms. The Labute approximate surface area is 143 Å². The van der Waals surface area contributed by atoms with Crippen LogP contribution < -0.4 is 4.90 Å². The molecule has 0 aromatic heterocycles. The maximum absolute atomic E-state index is 12.6. The number of nitrogens with zero attached hydrogens (tertiary/aromatic N) is 1. The first-order valence-corrected chi connectivity index (χ1v) is 7.57. The number of benzene rings is 2. The molecule has 0 bridgehead atoms. The summed E-state index contributed by atoms with van der Waals surface area (Å²) in [5.41, 5.74) is 1.17. The van der Waals surface area contributed by atoms with Gasteiger partial charge >= 0.3 is 5.97 Å². The van der Waals surface area contributed by atoms with E-state index in [-0.39, 0.29) is 11.1 Å². The topological polar surface area (TPSA) is 94.9 Å². The molecular formula is C19H15NO5. The molecular weight excluding hydrogens is 322 g/mol. The Kier molecular flexibility index (Phi) is 4.10. The average molecular weight is 337 g/mol. The van der Waals surface area contributed by atoms with Crippen molar-refractivity contribution < 1.29 is 24.6 Å². The third-order valence-corrected chi connectivity index (χ3v) is 4.10. The molecule has 126 valence electrons.